The molecule has 0 aliphatic heterocycles. The van der Waals surface area contributed by atoms with E-state index in [-0.39, 0.29) is 22.2 Å². The van der Waals surface area contributed by atoms with Crippen LogP contribution in [0.15, 0.2) is 73.1 Å². The minimum atomic E-state index is -1.09. The molecule has 6 heteroatoms. The second-order valence-corrected chi connectivity index (χ2v) is 12.5. The first-order valence-electron chi connectivity index (χ1n) is 14.4. The number of pyridine rings is 2. The van der Waals surface area contributed by atoms with Crippen LogP contribution >= 0.6 is 0 Å². The minimum absolute atomic E-state index is 0.0426. The third-order valence-corrected chi connectivity index (χ3v) is 6.88. The summed E-state index contributed by atoms with van der Waals surface area (Å²) in [6.45, 7) is 12.7. The lowest BCUT2D eigenvalue weighted by molar-refractivity contribution is 0.0680. The average Bonchev–Trinajstić information content (AvgIpc) is 3.01. The van der Waals surface area contributed by atoms with Crippen molar-refractivity contribution >= 4 is 11.9 Å². The molecule has 4 aromatic rings. The molecule has 0 saturated heterocycles. The van der Waals surface area contributed by atoms with Crippen LogP contribution in [0.4, 0.5) is 0 Å². The summed E-state index contributed by atoms with van der Waals surface area (Å²) in [6.07, 6.45) is 2.88. The van der Waals surface area contributed by atoms with E-state index in [0.29, 0.717) is 22.3 Å². The van der Waals surface area contributed by atoms with Crippen LogP contribution in [-0.2, 0) is 10.8 Å². The molecule has 0 radical (unpaired) electrons. The molecule has 226 valence electrons. The second kappa shape index (κ2) is 13.7. The Hall–Kier alpha value is -6.08. The molecule has 0 aliphatic carbocycles. The SMILES string of the molecule is CC(C)(C)c1ccc(C#CC#Cc2ccc(C(C)(C)C)cc2C#Cc2ccc(C(=O)O)nc2)c(C#Cc2ccc(C(=O)O)nc2)c1. The molecule has 46 heavy (non-hydrogen) atoms. The van der Waals surface area contributed by atoms with Gasteiger partial charge in [0.1, 0.15) is 11.4 Å². The number of aromatic nitrogens is 2. The van der Waals surface area contributed by atoms with Gasteiger partial charge in [-0.3, -0.25) is 0 Å². The van der Waals surface area contributed by atoms with E-state index in [2.05, 4.69) is 98.9 Å². The predicted octanol–water partition coefficient (Wildman–Crippen LogP) is 6.67. The Bertz CT molecular complexity index is 1910. The standard InChI is InChI=1S/C40H32N2O4/c1-39(2,3)33-19-17-29(31(23-33)15-11-27-13-21-35(37(43)44)41-25-27)9-7-8-10-30-18-20-34(40(4,5)6)24-32(30)16-12-28-14-22-36(38(45)46)42-26-28/h13-14,17-26H,1-6H3,(H,43,44)(H,45,46). The summed E-state index contributed by atoms with van der Waals surface area (Å²) in [6, 6.07) is 18.1. The van der Waals surface area contributed by atoms with Gasteiger partial charge >= 0.3 is 11.9 Å². The first-order valence-corrected chi connectivity index (χ1v) is 14.4. The molecule has 2 aromatic heterocycles. The van der Waals surface area contributed by atoms with Crippen LogP contribution in [0.3, 0.4) is 0 Å². The maximum absolute atomic E-state index is 11.1. The lowest BCUT2D eigenvalue weighted by atomic mass is 9.85. The van der Waals surface area contributed by atoms with Crippen LogP contribution < -0.4 is 0 Å². The molecule has 0 aliphatic rings. The maximum Gasteiger partial charge on any atom is 0.354 e. The lowest BCUT2D eigenvalue weighted by Gasteiger charge is -2.19. The number of nitrogens with zero attached hydrogens (tertiary/aromatic N) is 2. The number of carbonyl (C=O) groups is 2. The van der Waals surface area contributed by atoms with Gasteiger partial charge in [0.15, 0.2) is 0 Å². The Morgan fingerprint density at radius 2 is 0.913 bits per heavy atom. The van der Waals surface area contributed by atoms with Crippen LogP contribution in [-0.4, -0.2) is 32.1 Å². The summed E-state index contributed by atoms with van der Waals surface area (Å²) in [4.78, 5) is 30.1. The van der Waals surface area contributed by atoms with Gasteiger partial charge in [-0.2, -0.15) is 0 Å². The van der Waals surface area contributed by atoms with Crippen molar-refractivity contribution in [3.63, 3.8) is 0 Å². The van der Waals surface area contributed by atoms with E-state index in [4.69, 9.17) is 10.2 Å². The summed E-state index contributed by atoms with van der Waals surface area (Å²) in [7, 11) is 0. The van der Waals surface area contributed by atoms with Crippen molar-refractivity contribution in [2.24, 2.45) is 0 Å². The summed E-state index contributed by atoms with van der Waals surface area (Å²) in [5.74, 6) is 22.5. The summed E-state index contributed by atoms with van der Waals surface area (Å²) < 4.78 is 0. The average molecular weight is 605 g/mol. The van der Waals surface area contributed by atoms with Crippen molar-refractivity contribution < 1.29 is 19.8 Å². The smallest absolute Gasteiger partial charge is 0.354 e. The molecule has 0 amide bonds. The topological polar surface area (TPSA) is 100 Å². The Labute approximate surface area is 270 Å². The third-order valence-electron chi connectivity index (χ3n) is 6.88. The van der Waals surface area contributed by atoms with Gasteiger partial charge in [-0.25, -0.2) is 19.6 Å². The lowest BCUT2D eigenvalue weighted by Crippen LogP contribution is -2.11. The van der Waals surface area contributed by atoms with Crippen molar-refractivity contribution in [3.8, 4) is 47.4 Å². The summed E-state index contributed by atoms with van der Waals surface area (Å²) in [5, 5.41) is 18.2. The van der Waals surface area contributed by atoms with Crippen LogP contribution in [0.2, 0.25) is 0 Å². The molecule has 6 nitrogen and oxygen atoms in total. The van der Waals surface area contributed by atoms with E-state index >= 15 is 0 Å². The van der Waals surface area contributed by atoms with Crippen LogP contribution in [0.25, 0.3) is 0 Å². The van der Waals surface area contributed by atoms with E-state index in [0.717, 1.165) is 22.3 Å². The number of hydrogen-bond donors (Lipinski definition) is 2. The van der Waals surface area contributed by atoms with Gasteiger partial charge in [-0.05, 0) is 82.3 Å². The maximum atomic E-state index is 11.1. The summed E-state index contributed by atoms with van der Waals surface area (Å²) >= 11 is 0. The number of carboxylic acids is 2. The van der Waals surface area contributed by atoms with Crippen molar-refractivity contribution in [3.05, 3.63) is 129 Å². The highest BCUT2D eigenvalue weighted by Crippen LogP contribution is 2.25. The number of aromatic carboxylic acids is 2. The Kier molecular flexibility index (Phi) is 9.77. The van der Waals surface area contributed by atoms with Gasteiger partial charge in [0.05, 0.1) is 0 Å². The fraction of sp³-hybridized carbons (Fsp3) is 0.200. The van der Waals surface area contributed by atoms with Gasteiger partial charge in [0.25, 0.3) is 0 Å². The first-order chi connectivity index (χ1) is 21.7. The molecule has 2 aromatic carbocycles. The minimum Gasteiger partial charge on any atom is -0.477 e. The van der Waals surface area contributed by atoms with E-state index < -0.39 is 11.9 Å². The molecule has 2 N–H and O–H groups in total. The second-order valence-electron chi connectivity index (χ2n) is 12.5. The third kappa shape index (κ3) is 8.74. The predicted molar refractivity (Wildman–Crippen MR) is 178 cm³/mol. The number of carboxylic acid groups (broad SMARTS) is 2. The zero-order valence-electron chi connectivity index (χ0n) is 26.5. The Morgan fingerprint density at radius 3 is 1.22 bits per heavy atom. The highest BCUT2D eigenvalue weighted by molar-refractivity contribution is 5.85. The fourth-order valence-corrected chi connectivity index (χ4v) is 4.11. The Balaban J connectivity index is 1.70. The van der Waals surface area contributed by atoms with Gasteiger partial charge in [-0.1, -0.05) is 89.2 Å². The van der Waals surface area contributed by atoms with Crippen LogP contribution in [0, 0.1) is 47.4 Å². The monoisotopic (exact) mass is 604 g/mol. The molecule has 0 atom stereocenters. The number of hydrogen-bond acceptors (Lipinski definition) is 4. The normalized spacial score (nSPS) is 10.5. The number of rotatable bonds is 2. The molecule has 4 rings (SSSR count). The largest absolute Gasteiger partial charge is 0.477 e. The number of benzene rings is 2. The van der Waals surface area contributed by atoms with E-state index in [9.17, 15) is 9.59 Å². The first kappa shape index (κ1) is 32.8. The molecule has 0 spiro atoms. The molecular formula is C40H32N2O4. The van der Waals surface area contributed by atoms with Crippen LogP contribution in [0.1, 0.15) is 107 Å². The Morgan fingerprint density at radius 1 is 0.522 bits per heavy atom. The molecule has 0 unspecified atom stereocenters. The molecular weight excluding hydrogens is 572 g/mol. The highest BCUT2D eigenvalue weighted by atomic mass is 16.4. The summed E-state index contributed by atoms with van der Waals surface area (Å²) in [5.41, 5.74) is 5.98. The zero-order chi connectivity index (χ0) is 33.5. The van der Waals surface area contributed by atoms with Crippen molar-refractivity contribution in [2.75, 3.05) is 0 Å². The van der Waals surface area contributed by atoms with E-state index in [1.165, 1.54) is 24.5 Å². The molecule has 0 bridgehead atoms. The van der Waals surface area contributed by atoms with E-state index in [1.807, 2.05) is 36.4 Å². The van der Waals surface area contributed by atoms with Crippen LogP contribution in [0.5, 0.6) is 0 Å². The van der Waals surface area contributed by atoms with Gasteiger partial charge in [0, 0.05) is 45.8 Å². The van der Waals surface area contributed by atoms with Gasteiger partial charge in [-0.15, -0.1) is 0 Å². The van der Waals surface area contributed by atoms with Gasteiger partial charge < -0.3 is 10.2 Å². The fourth-order valence-electron chi connectivity index (χ4n) is 4.11. The van der Waals surface area contributed by atoms with Crippen molar-refractivity contribution in [1.82, 2.24) is 9.97 Å². The molecule has 0 saturated carbocycles. The molecule has 2 heterocycles. The van der Waals surface area contributed by atoms with E-state index in [1.54, 1.807) is 12.1 Å². The molecule has 0 fully saturated rings. The highest BCUT2D eigenvalue weighted by Gasteiger charge is 2.16. The quantitative estimate of drug-likeness (QED) is 0.248. The van der Waals surface area contributed by atoms with Crippen molar-refractivity contribution in [1.29, 1.82) is 0 Å². The zero-order valence-corrected chi connectivity index (χ0v) is 26.5. The van der Waals surface area contributed by atoms with Crippen molar-refractivity contribution in [2.45, 2.75) is 52.4 Å². The van der Waals surface area contributed by atoms with Gasteiger partial charge in [0.2, 0.25) is 0 Å².